The second-order valence-corrected chi connectivity index (χ2v) is 6.46. The van der Waals surface area contributed by atoms with Crippen LogP contribution in [0.3, 0.4) is 0 Å². The quantitative estimate of drug-likeness (QED) is 0.738. The lowest BCUT2D eigenvalue weighted by Gasteiger charge is -2.17. The third-order valence-corrected chi connectivity index (χ3v) is 4.69. The van der Waals surface area contributed by atoms with Crippen LogP contribution in [-0.2, 0) is 4.79 Å². The van der Waals surface area contributed by atoms with Crippen molar-refractivity contribution in [2.24, 2.45) is 5.41 Å². The summed E-state index contributed by atoms with van der Waals surface area (Å²) in [5.41, 5.74) is 0.0539. The maximum absolute atomic E-state index is 12.1. The van der Waals surface area contributed by atoms with Gasteiger partial charge in [-0.25, -0.2) is 0 Å². The molecule has 0 saturated heterocycles. The standard InChI is InChI=1S/C15H18Cl2N2O3/c1-9(13(21)18-7-15(8-20)5-6-15)19-14(22)10-3-2-4-11(16)12(10)17/h2-4,9,20H,5-8H2,1H3,(H,18,21)(H,19,22). The van der Waals surface area contributed by atoms with Crippen LogP contribution < -0.4 is 10.6 Å². The Morgan fingerprint density at radius 1 is 1.36 bits per heavy atom. The Labute approximate surface area is 139 Å². The van der Waals surface area contributed by atoms with E-state index < -0.39 is 11.9 Å². The Bertz CT molecular complexity index is 588. The highest BCUT2D eigenvalue weighted by molar-refractivity contribution is 6.43. The van der Waals surface area contributed by atoms with Gasteiger partial charge in [0.15, 0.2) is 0 Å². The van der Waals surface area contributed by atoms with Crippen LogP contribution in [-0.4, -0.2) is 36.1 Å². The molecule has 0 aromatic heterocycles. The van der Waals surface area contributed by atoms with Gasteiger partial charge in [-0.05, 0) is 31.9 Å². The minimum absolute atomic E-state index is 0.0616. The zero-order chi connectivity index (χ0) is 16.3. The number of benzene rings is 1. The Morgan fingerprint density at radius 2 is 2.05 bits per heavy atom. The largest absolute Gasteiger partial charge is 0.396 e. The van der Waals surface area contributed by atoms with E-state index in [0.717, 1.165) is 12.8 Å². The maximum Gasteiger partial charge on any atom is 0.253 e. The van der Waals surface area contributed by atoms with E-state index in [4.69, 9.17) is 23.2 Å². The molecule has 2 rings (SSSR count). The highest BCUT2D eigenvalue weighted by atomic mass is 35.5. The molecule has 3 N–H and O–H groups in total. The van der Waals surface area contributed by atoms with Gasteiger partial charge >= 0.3 is 0 Å². The van der Waals surface area contributed by atoms with Crippen molar-refractivity contribution in [2.45, 2.75) is 25.8 Å². The summed E-state index contributed by atoms with van der Waals surface area (Å²) >= 11 is 11.8. The first-order valence-electron chi connectivity index (χ1n) is 7.02. The molecular formula is C15H18Cl2N2O3. The van der Waals surface area contributed by atoms with Gasteiger partial charge in [-0.2, -0.15) is 0 Å². The third-order valence-electron chi connectivity index (χ3n) is 3.87. The molecule has 1 aliphatic rings. The molecule has 0 heterocycles. The van der Waals surface area contributed by atoms with Crippen molar-refractivity contribution in [1.29, 1.82) is 0 Å². The van der Waals surface area contributed by atoms with Crippen LogP contribution in [0.15, 0.2) is 18.2 Å². The first-order chi connectivity index (χ1) is 10.4. The SMILES string of the molecule is CC(NC(=O)c1cccc(Cl)c1Cl)C(=O)NCC1(CO)CC1. The van der Waals surface area contributed by atoms with Crippen molar-refractivity contribution in [3.8, 4) is 0 Å². The monoisotopic (exact) mass is 344 g/mol. The maximum atomic E-state index is 12.1. The Balaban J connectivity index is 1.90. The van der Waals surface area contributed by atoms with Crippen LogP contribution in [0.5, 0.6) is 0 Å². The van der Waals surface area contributed by atoms with Crippen LogP contribution >= 0.6 is 23.2 Å². The molecule has 22 heavy (non-hydrogen) atoms. The van der Waals surface area contributed by atoms with E-state index in [2.05, 4.69) is 10.6 Å². The molecule has 1 aliphatic carbocycles. The normalized spacial score (nSPS) is 16.7. The fraction of sp³-hybridized carbons (Fsp3) is 0.467. The highest BCUT2D eigenvalue weighted by Crippen LogP contribution is 2.44. The van der Waals surface area contributed by atoms with Crippen molar-refractivity contribution in [2.75, 3.05) is 13.2 Å². The number of hydrogen-bond acceptors (Lipinski definition) is 3. The average Bonchev–Trinajstić information content (AvgIpc) is 3.28. The molecule has 1 saturated carbocycles. The number of hydrogen-bond donors (Lipinski definition) is 3. The van der Waals surface area contributed by atoms with E-state index in [9.17, 15) is 14.7 Å². The summed E-state index contributed by atoms with van der Waals surface area (Å²) < 4.78 is 0. The summed E-state index contributed by atoms with van der Waals surface area (Å²) in [6, 6.07) is 4.03. The second-order valence-electron chi connectivity index (χ2n) is 5.67. The van der Waals surface area contributed by atoms with E-state index in [1.807, 2.05) is 0 Å². The zero-order valence-corrected chi connectivity index (χ0v) is 13.7. The van der Waals surface area contributed by atoms with Crippen molar-refractivity contribution in [3.63, 3.8) is 0 Å². The van der Waals surface area contributed by atoms with Crippen LogP contribution in [0.2, 0.25) is 10.0 Å². The number of rotatable bonds is 6. The molecule has 5 nitrogen and oxygen atoms in total. The lowest BCUT2D eigenvalue weighted by atomic mass is 10.1. The number of aliphatic hydroxyl groups is 1. The second kappa shape index (κ2) is 6.86. The van der Waals surface area contributed by atoms with E-state index in [1.165, 1.54) is 0 Å². The molecule has 1 aromatic rings. The summed E-state index contributed by atoms with van der Waals surface area (Å²) in [7, 11) is 0. The lowest BCUT2D eigenvalue weighted by molar-refractivity contribution is -0.122. The fourth-order valence-electron chi connectivity index (χ4n) is 2.01. The van der Waals surface area contributed by atoms with Crippen LogP contribution in [0.1, 0.15) is 30.1 Å². The van der Waals surface area contributed by atoms with Crippen LogP contribution in [0, 0.1) is 5.41 Å². The van der Waals surface area contributed by atoms with Gasteiger partial charge in [-0.3, -0.25) is 9.59 Å². The molecule has 1 aromatic carbocycles. The van der Waals surface area contributed by atoms with Gasteiger partial charge in [0, 0.05) is 12.0 Å². The molecule has 0 radical (unpaired) electrons. The smallest absolute Gasteiger partial charge is 0.253 e. The van der Waals surface area contributed by atoms with Gasteiger partial charge in [0.1, 0.15) is 6.04 Å². The van der Waals surface area contributed by atoms with Crippen LogP contribution in [0.25, 0.3) is 0 Å². The van der Waals surface area contributed by atoms with Gasteiger partial charge in [0.05, 0.1) is 22.2 Å². The van der Waals surface area contributed by atoms with E-state index in [1.54, 1.807) is 25.1 Å². The Kier molecular flexibility index (Phi) is 5.32. The fourth-order valence-corrected chi connectivity index (χ4v) is 2.40. The first-order valence-corrected chi connectivity index (χ1v) is 7.77. The molecule has 2 amide bonds. The Hall–Kier alpha value is -1.30. The van der Waals surface area contributed by atoms with E-state index in [0.29, 0.717) is 6.54 Å². The lowest BCUT2D eigenvalue weighted by Crippen LogP contribution is -2.46. The predicted octanol–water partition coefficient (Wildman–Crippen LogP) is 2.00. The zero-order valence-electron chi connectivity index (χ0n) is 12.2. The molecule has 0 spiro atoms. The highest BCUT2D eigenvalue weighted by Gasteiger charge is 2.42. The minimum Gasteiger partial charge on any atom is -0.396 e. The topological polar surface area (TPSA) is 78.4 Å². The molecule has 1 unspecified atom stereocenters. The third kappa shape index (κ3) is 3.91. The number of nitrogens with one attached hydrogen (secondary N) is 2. The van der Waals surface area contributed by atoms with E-state index >= 15 is 0 Å². The molecule has 1 fully saturated rings. The Morgan fingerprint density at radius 3 is 2.64 bits per heavy atom. The van der Waals surface area contributed by atoms with Crippen LogP contribution in [0.4, 0.5) is 0 Å². The first kappa shape index (κ1) is 17.1. The van der Waals surface area contributed by atoms with Crippen molar-refractivity contribution >= 4 is 35.0 Å². The van der Waals surface area contributed by atoms with Gasteiger partial charge in [-0.1, -0.05) is 29.3 Å². The van der Waals surface area contributed by atoms with Crippen molar-refractivity contribution in [3.05, 3.63) is 33.8 Å². The number of halogens is 2. The average molecular weight is 345 g/mol. The molecule has 0 aliphatic heterocycles. The number of aliphatic hydroxyl groups excluding tert-OH is 1. The molecule has 1 atom stereocenters. The summed E-state index contributed by atoms with van der Waals surface area (Å²) in [6.07, 6.45) is 1.81. The summed E-state index contributed by atoms with van der Waals surface area (Å²) in [5.74, 6) is -0.760. The molecule has 120 valence electrons. The van der Waals surface area contributed by atoms with Crippen molar-refractivity contribution in [1.82, 2.24) is 10.6 Å². The van der Waals surface area contributed by atoms with Gasteiger partial charge in [-0.15, -0.1) is 0 Å². The molecule has 0 bridgehead atoms. The number of carbonyl (C=O) groups excluding carboxylic acids is 2. The summed E-state index contributed by atoms with van der Waals surface area (Å²) in [4.78, 5) is 24.1. The number of amides is 2. The number of carbonyl (C=O) groups is 2. The van der Waals surface area contributed by atoms with E-state index in [-0.39, 0.29) is 33.5 Å². The minimum atomic E-state index is -0.711. The molecular weight excluding hydrogens is 327 g/mol. The predicted molar refractivity (Wildman–Crippen MR) is 85.2 cm³/mol. The summed E-state index contributed by atoms with van der Waals surface area (Å²) in [5, 5.41) is 15.0. The van der Waals surface area contributed by atoms with Gasteiger partial charge in [0.2, 0.25) is 5.91 Å². The molecule has 7 heteroatoms. The van der Waals surface area contributed by atoms with Gasteiger partial charge < -0.3 is 15.7 Å². The van der Waals surface area contributed by atoms with Crippen molar-refractivity contribution < 1.29 is 14.7 Å². The summed E-state index contributed by atoms with van der Waals surface area (Å²) in [6.45, 7) is 2.07. The van der Waals surface area contributed by atoms with Gasteiger partial charge in [0.25, 0.3) is 5.91 Å².